The minimum atomic E-state index is 0.662. The van der Waals surface area contributed by atoms with Crippen LogP contribution in [0.4, 0.5) is 0 Å². The third-order valence-electron chi connectivity index (χ3n) is 2.60. The maximum Gasteiger partial charge on any atom is 0.191 e. The minimum Gasteiger partial charge on any atom is -0.449 e. The summed E-state index contributed by atoms with van der Waals surface area (Å²) in [5.41, 5.74) is 0.781. The summed E-state index contributed by atoms with van der Waals surface area (Å²) in [6.07, 6.45) is 2.62. The lowest BCUT2D eigenvalue weighted by atomic mass is 10.4. The molecular formula is C10H12N4OS. The fraction of sp³-hybridized carbons (Fsp3) is 0.500. The van der Waals surface area contributed by atoms with Crippen molar-refractivity contribution in [3.63, 3.8) is 0 Å². The molecule has 6 heteroatoms. The molecule has 3 rings (SSSR count). The van der Waals surface area contributed by atoms with Crippen molar-refractivity contribution in [1.29, 1.82) is 0 Å². The zero-order valence-corrected chi connectivity index (χ0v) is 9.83. The fourth-order valence-electron chi connectivity index (χ4n) is 1.83. The smallest absolute Gasteiger partial charge is 0.191 e. The second-order valence-electron chi connectivity index (χ2n) is 3.71. The van der Waals surface area contributed by atoms with E-state index in [0.717, 1.165) is 41.8 Å². The number of nitrogens with zero attached hydrogens (tertiary/aromatic N) is 4. The highest BCUT2D eigenvalue weighted by Gasteiger charge is 2.18. The molecule has 2 aromatic rings. The average molecular weight is 236 g/mol. The molecule has 0 unspecified atom stereocenters. The van der Waals surface area contributed by atoms with Crippen molar-refractivity contribution in [2.75, 3.05) is 11.5 Å². The molecule has 2 aromatic heterocycles. The summed E-state index contributed by atoms with van der Waals surface area (Å²) >= 11 is 1.95. The standard InChI is InChI=1S/C10H12N4OS/c1-7-11-8(6-15-7)10-13-12-9-2-4-16-5-3-14(9)10/h6H,2-5H2,1H3. The number of aryl methyl sites for hydroxylation is 2. The van der Waals surface area contributed by atoms with Crippen molar-refractivity contribution < 1.29 is 4.42 Å². The van der Waals surface area contributed by atoms with Crippen LogP contribution in [0.5, 0.6) is 0 Å². The van der Waals surface area contributed by atoms with Crippen molar-refractivity contribution in [1.82, 2.24) is 19.7 Å². The molecule has 0 saturated heterocycles. The van der Waals surface area contributed by atoms with Gasteiger partial charge in [-0.3, -0.25) is 0 Å². The van der Waals surface area contributed by atoms with Gasteiger partial charge in [-0.25, -0.2) is 4.98 Å². The molecule has 1 aliphatic rings. The predicted molar refractivity (Wildman–Crippen MR) is 61.3 cm³/mol. The minimum absolute atomic E-state index is 0.662. The Morgan fingerprint density at radius 3 is 3.12 bits per heavy atom. The highest BCUT2D eigenvalue weighted by Crippen LogP contribution is 2.21. The van der Waals surface area contributed by atoms with Crippen LogP contribution in [0.2, 0.25) is 0 Å². The van der Waals surface area contributed by atoms with Gasteiger partial charge in [0.15, 0.2) is 11.7 Å². The van der Waals surface area contributed by atoms with Gasteiger partial charge in [-0.05, 0) is 0 Å². The van der Waals surface area contributed by atoms with Gasteiger partial charge in [0.1, 0.15) is 17.8 Å². The molecule has 0 spiro atoms. The quantitative estimate of drug-likeness (QED) is 0.751. The number of fused-ring (bicyclic) bond motifs is 1. The molecule has 1 aliphatic heterocycles. The molecular weight excluding hydrogens is 224 g/mol. The van der Waals surface area contributed by atoms with Crippen molar-refractivity contribution in [3.8, 4) is 11.5 Å². The molecule has 0 aliphatic carbocycles. The maximum atomic E-state index is 5.21. The summed E-state index contributed by atoms with van der Waals surface area (Å²) in [5, 5.41) is 8.42. The van der Waals surface area contributed by atoms with E-state index in [0.29, 0.717) is 5.89 Å². The highest BCUT2D eigenvalue weighted by molar-refractivity contribution is 7.99. The fourth-order valence-corrected chi connectivity index (χ4v) is 2.67. The van der Waals surface area contributed by atoms with E-state index in [1.165, 1.54) is 0 Å². The van der Waals surface area contributed by atoms with Crippen LogP contribution in [0.15, 0.2) is 10.7 Å². The summed E-state index contributed by atoms with van der Waals surface area (Å²) in [6, 6.07) is 0. The first-order valence-corrected chi connectivity index (χ1v) is 6.42. The first-order valence-electron chi connectivity index (χ1n) is 5.27. The summed E-state index contributed by atoms with van der Waals surface area (Å²) in [5.74, 6) is 4.77. The second kappa shape index (κ2) is 3.93. The van der Waals surface area contributed by atoms with Crippen molar-refractivity contribution in [2.45, 2.75) is 19.9 Å². The molecule has 0 amide bonds. The lowest BCUT2D eigenvalue weighted by Crippen LogP contribution is -2.05. The average Bonchev–Trinajstić information content (AvgIpc) is 2.79. The Labute approximate surface area is 97.3 Å². The Kier molecular flexibility index (Phi) is 2.43. The lowest BCUT2D eigenvalue weighted by Gasteiger charge is -2.03. The molecule has 16 heavy (non-hydrogen) atoms. The van der Waals surface area contributed by atoms with Crippen LogP contribution in [-0.4, -0.2) is 31.3 Å². The maximum absolute atomic E-state index is 5.21. The number of aromatic nitrogens is 4. The second-order valence-corrected chi connectivity index (χ2v) is 4.93. The Bertz CT molecular complexity index is 505. The third-order valence-corrected chi connectivity index (χ3v) is 3.57. The first kappa shape index (κ1) is 9.89. The number of thioether (sulfide) groups is 1. The number of rotatable bonds is 1. The van der Waals surface area contributed by atoms with Crippen molar-refractivity contribution in [3.05, 3.63) is 18.0 Å². The monoisotopic (exact) mass is 236 g/mol. The van der Waals surface area contributed by atoms with Crippen LogP contribution in [0.1, 0.15) is 11.7 Å². The third kappa shape index (κ3) is 1.63. The van der Waals surface area contributed by atoms with E-state index < -0.39 is 0 Å². The number of oxazole rings is 1. The molecule has 5 nitrogen and oxygen atoms in total. The van der Waals surface area contributed by atoms with E-state index in [2.05, 4.69) is 19.7 Å². The molecule has 84 valence electrons. The van der Waals surface area contributed by atoms with E-state index in [1.54, 1.807) is 6.26 Å². The van der Waals surface area contributed by atoms with E-state index in [1.807, 2.05) is 18.7 Å². The van der Waals surface area contributed by atoms with Gasteiger partial charge in [0.25, 0.3) is 0 Å². The normalized spacial score (nSPS) is 15.8. The van der Waals surface area contributed by atoms with E-state index in [4.69, 9.17) is 4.42 Å². The van der Waals surface area contributed by atoms with Gasteiger partial charge in [0.2, 0.25) is 0 Å². The van der Waals surface area contributed by atoms with Crippen LogP contribution < -0.4 is 0 Å². The summed E-state index contributed by atoms with van der Waals surface area (Å²) in [7, 11) is 0. The molecule has 0 aromatic carbocycles. The molecule has 0 N–H and O–H groups in total. The van der Waals surface area contributed by atoms with Crippen LogP contribution in [0, 0.1) is 6.92 Å². The van der Waals surface area contributed by atoms with Crippen molar-refractivity contribution >= 4 is 11.8 Å². The van der Waals surface area contributed by atoms with E-state index in [9.17, 15) is 0 Å². The SMILES string of the molecule is Cc1nc(-c2nnc3n2CCSCC3)co1. The van der Waals surface area contributed by atoms with Crippen LogP contribution in [0.25, 0.3) is 11.5 Å². The van der Waals surface area contributed by atoms with Crippen molar-refractivity contribution in [2.24, 2.45) is 0 Å². The predicted octanol–water partition coefficient (Wildman–Crippen LogP) is 1.53. The topological polar surface area (TPSA) is 56.7 Å². The van der Waals surface area contributed by atoms with Gasteiger partial charge in [-0.1, -0.05) is 0 Å². The molecule has 0 bridgehead atoms. The Morgan fingerprint density at radius 2 is 2.31 bits per heavy atom. The number of hydrogen-bond donors (Lipinski definition) is 0. The largest absolute Gasteiger partial charge is 0.449 e. The van der Waals surface area contributed by atoms with Crippen LogP contribution in [0.3, 0.4) is 0 Å². The van der Waals surface area contributed by atoms with Gasteiger partial charge < -0.3 is 8.98 Å². The summed E-state index contributed by atoms with van der Waals surface area (Å²) in [6.45, 7) is 2.79. The summed E-state index contributed by atoms with van der Waals surface area (Å²) < 4.78 is 7.36. The van der Waals surface area contributed by atoms with Gasteiger partial charge in [-0.2, -0.15) is 11.8 Å². The molecule has 0 saturated carbocycles. The molecule has 0 fully saturated rings. The number of hydrogen-bond acceptors (Lipinski definition) is 5. The van der Waals surface area contributed by atoms with Gasteiger partial charge in [0, 0.05) is 31.4 Å². The Hall–Kier alpha value is -1.30. The first-order chi connectivity index (χ1) is 7.84. The Morgan fingerprint density at radius 1 is 1.38 bits per heavy atom. The zero-order chi connectivity index (χ0) is 11.0. The lowest BCUT2D eigenvalue weighted by molar-refractivity contribution is 0.521. The molecule has 0 atom stereocenters. The molecule has 0 radical (unpaired) electrons. The van der Waals surface area contributed by atoms with E-state index in [-0.39, 0.29) is 0 Å². The van der Waals surface area contributed by atoms with Crippen LogP contribution in [-0.2, 0) is 13.0 Å². The summed E-state index contributed by atoms with van der Waals surface area (Å²) in [4.78, 5) is 4.30. The van der Waals surface area contributed by atoms with Gasteiger partial charge >= 0.3 is 0 Å². The Balaban J connectivity index is 2.05. The van der Waals surface area contributed by atoms with E-state index >= 15 is 0 Å². The zero-order valence-electron chi connectivity index (χ0n) is 9.01. The highest BCUT2D eigenvalue weighted by atomic mass is 32.2. The molecule has 3 heterocycles. The van der Waals surface area contributed by atoms with Gasteiger partial charge in [0.05, 0.1) is 0 Å². The van der Waals surface area contributed by atoms with Crippen LogP contribution >= 0.6 is 11.8 Å². The van der Waals surface area contributed by atoms with Gasteiger partial charge in [-0.15, -0.1) is 10.2 Å².